The maximum atomic E-state index is 12.6. The van der Waals surface area contributed by atoms with E-state index in [2.05, 4.69) is 10.2 Å². The van der Waals surface area contributed by atoms with Crippen LogP contribution in [-0.2, 0) is 9.59 Å². The van der Waals surface area contributed by atoms with Crippen molar-refractivity contribution in [2.45, 2.75) is 13.8 Å². The third kappa shape index (κ3) is 5.46. The summed E-state index contributed by atoms with van der Waals surface area (Å²) in [7, 11) is 0. The van der Waals surface area contributed by atoms with Crippen molar-refractivity contribution in [3.05, 3.63) is 77.0 Å². The summed E-state index contributed by atoms with van der Waals surface area (Å²) in [6, 6.07) is 17.1. The van der Waals surface area contributed by atoms with Gasteiger partial charge in [0.1, 0.15) is 11.5 Å². The second-order valence-electron chi connectivity index (χ2n) is 8.00. The Kier molecular flexibility index (Phi) is 6.84. The summed E-state index contributed by atoms with van der Waals surface area (Å²) in [5, 5.41) is 3.64. The molecule has 1 aliphatic rings. The van der Waals surface area contributed by atoms with Gasteiger partial charge in [0.2, 0.25) is 11.8 Å². The zero-order chi connectivity index (χ0) is 23.4. The molecule has 1 fully saturated rings. The van der Waals surface area contributed by atoms with Gasteiger partial charge >= 0.3 is 0 Å². The van der Waals surface area contributed by atoms with E-state index in [1.165, 1.54) is 6.08 Å². The molecule has 6 nitrogen and oxygen atoms in total. The predicted octanol–water partition coefficient (Wildman–Crippen LogP) is 5.23. The molecule has 1 saturated heterocycles. The Morgan fingerprint density at radius 2 is 1.79 bits per heavy atom. The van der Waals surface area contributed by atoms with Crippen LogP contribution in [0.1, 0.15) is 18.2 Å². The van der Waals surface area contributed by atoms with Crippen LogP contribution in [0.4, 0.5) is 11.4 Å². The molecule has 0 saturated carbocycles. The largest absolute Gasteiger partial charge is 0.457 e. The van der Waals surface area contributed by atoms with Gasteiger partial charge < -0.3 is 19.5 Å². The van der Waals surface area contributed by atoms with E-state index in [0.29, 0.717) is 29.6 Å². The second kappa shape index (κ2) is 9.96. The quantitative estimate of drug-likeness (QED) is 0.526. The van der Waals surface area contributed by atoms with Crippen molar-refractivity contribution >= 4 is 40.9 Å². The first kappa shape index (κ1) is 22.7. The number of para-hydroxylation sites is 2. The molecule has 2 amide bonds. The van der Waals surface area contributed by atoms with Crippen molar-refractivity contribution in [2.24, 2.45) is 0 Å². The fourth-order valence-corrected chi connectivity index (χ4v) is 3.97. The number of carbonyl (C=O) groups excluding carboxylic acids is 2. The number of halogens is 1. The lowest BCUT2D eigenvalue weighted by atomic mass is 10.1. The standard InChI is InChI=1S/C26H26ClN3O3/c1-18-7-8-20(17-22(18)27)25-11-9-21(33-25)10-12-26(32)28-23-5-3-4-6-24(23)30-15-13-29(14-16-30)19(2)31/h3-12,17H,13-16H2,1-2H3,(H,28,32). The summed E-state index contributed by atoms with van der Waals surface area (Å²) in [5.74, 6) is 1.10. The molecule has 3 aromatic rings. The molecule has 0 aliphatic carbocycles. The van der Waals surface area contributed by atoms with Gasteiger partial charge in [-0.25, -0.2) is 0 Å². The molecule has 0 unspecified atom stereocenters. The monoisotopic (exact) mass is 463 g/mol. The Hall–Kier alpha value is -3.51. The maximum absolute atomic E-state index is 12.6. The molecule has 1 N–H and O–H groups in total. The number of hydrogen-bond acceptors (Lipinski definition) is 4. The van der Waals surface area contributed by atoms with Crippen LogP contribution in [0.2, 0.25) is 5.02 Å². The zero-order valence-corrected chi connectivity index (χ0v) is 19.4. The lowest BCUT2D eigenvalue weighted by Gasteiger charge is -2.36. The third-order valence-electron chi connectivity index (χ3n) is 5.71. The van der Waals surface area contributed by atoms with Crippen LogP contribution < -0.4 is 10.2 Å². The number of benzene rings is 2. The molecule has 0 spiro atoms. The summed E-state index contributed by atoms with van der Waals surface area (Å²) in [6.07, 6.45) is 3.10. The van der Waals surface area contributed by atoms with Gasteiger partial charge in [-0.2, -0.15) is 0 Å². The molecule has 0 atom stereocenters. The van der Waals surface area contributed by atoms with Crippen molar-refractivity contribution < 1.29 is 14.0 Å². The van der Waals surface area contributed by atoms with E-state index in [0.717, 1.165) is 35.6 Å². The average molecular weight is 464 g/mol. The van der Waals surface area contributed by atoms with Crippen molar-refractivity contribution in [3.63, 3.8) is 0 Å². The van der Waals surface area contributed by atoms with E-state index in [1.807, 2.05) is 66.4 Å². The zero-order valence-electron chi connectivity index (χ0n) is 18.7. The Morgan fingerprint density at radius 1 is 1.03 bits per heavy atom. The van der Waals surface area contributed by atoms with E-state index in [4.69, 9.17) is 16.0 Å². The Balaban J connectivity index is 1.41. The molecular weight excluding hydrogens is 438 g/mol. The Labute approximate surface area is 198 Å². The lowest BCUT2D eigenvalue weighted by molar-refractivity contribution is -0.129. The van der Waals surface area contributed by atoms with E-state index in [1.54, 1.807) is 13.0 Å². The van der Waals surface area contributed by atoms with Crippen molar-refractivity contribution in [1.29, 1.82) is 0 Å². The van der Waals surface area contributed by atoms with Crippen molar-refractivity contribution in [1.82, 2.24) is 4.90 Å². The summed E-state index contributed by atoms with van der Waals surface area (Å²) < 4.78 is 5.85. The molecule has 33 heavy (non-hydrogen) atoms. The van der Waals surface area contributed by atoms with Gasteiger partial charge in [0, 0.05) is 49.8 Å². The van der Waals surface area contributed by atoms with E-state index in [-0.39, 0.29) is 11.8 Å². The molecule has 0 bridgehead atoms. The van der Waals surface area contributed by atoms with Crippen LogP contribution >= 0.6 is 11.6 Å². The van der Waals surface area contributed by atoms with Crippen molar-refractivity contribution in [2.75, 3.05) is 36.4 Å². The minimum atomic E-state index is -0.249. The molecule has 0 radical (unpaired) electrons. The SMILES string of the molecule is CC(=O)N1CCN(c2ccccc2NC(=O)C=Cc2ccc(-c3ccc(C)c(Cl)c3)o2)CC1. The van der Waals surface area contributed by atoms with Crippen LogP contribution in [0.5, 0.6) is 0 Å². The number of amides is 2. The van der Waals surface area contributed by atoms with E-state index in [9.17, 15) is 9.59 Å². The highest BCUT2D eigenvalue weighted by molar-refractivity contribution is 6.31. The van der Waals surface area contributed by atoms with Gasteiger partial charge in [0.05, 0.1) is 11.4 Å². The van der Waals surface area contributed by atoms with E-state index >= 15 is 0 Å². The number of nitrogens with zero attached hydrogens (tertiary/aromatic N) is 2. The van der Waals surface area contributed by atoms with Crippen molar-refractivity contribution in [3.8, 4) is 11.3 Å². The normalized spacial score (nSPS) is 14.0. The highest BCUT2D eigenvalue weighted by atomic mass is 35.5. The second-order valence-corrected chi connectivity index (χ2v) is 8.41. The predicted molar refractivity (Wildman–Crippen MR) is 132 cm³/mol. The summed E-state index contributed by atoms with van der Waals surface area (Å²) in [4.78, 5) is 28.2. The first-order valence-electron chi connectivity index (χ1n) is 10.9. The van der Waals surface area contributed by atoms with Gasteiger partial charge in [-0.15, -0.1) is 0 Å². The number of furan rings is 1. The number of piperazine rings is 1. The fourth-order valence-electron chi connectivity index (χ4n) is 3.79. The smallest absolute Gasteiger partial charge is 0.248 e. The molecule has 2 aromatic carbocycles. The number of anilines is 2. The first-order valence-corrected chi connectivity index (χ1v) is 11.2. The average Bonchev–Trinajstić information content (AvgIpc) is 3.29. The van der Waals surface area contributed by atoms with Gasteiger partial charge in [-0.05, 0) is 48.9 Å². The highest BCUT2D eigenvalue weighted by Crippen LogP contribution is 2.28. The molecular formula is C26H26ClN3O3. The molecule has 2 heterocycles. The van der Waals surface area contributed by atoms with Gasteiger partial charge in [-0.3, -0.25) is 9.59 Å². The first-order chi connectivity index (χ1) is 15.9. The number of carbonyl (C=O) groups is 2. The fraction of sp³-hybridized carbons (Fsp3) is 0.231. The summed E-state index contributed by atoms with van der Waals surface area (Å²) in [5.41, 5.74) is 3.56. The van der Waals surface area contributed by atoms with Crippen LogP contribution in [0.25, 0.3) is 17.4 Å². The molecule has 1 aliphatic heterocycles. The van der Waals surface area contributed by atoms with Gasteiger partial charge in [0.15, 0.2) is 0 Å². The highest BCUT2D eigenvalue weighted by Gasteiger charge is 2.20. The van der Waals surface area contributed by atoms with Crippen LogP contribution in [0.15, 0.2) is 65.1 Å². The Morgan fingerprint density at radius 3 is 2.52 bits per heavy atom. The minimum absolute atomic E-state index is 0.0907. The number of nitrogens with one attached hydrogen (secondary N) is 1. The van der Waals surface area contributed by atoms with Crippen LogP contribution in [-0.4, -0.2) is 42.9 Å². The Bertz CT molecular complexity index is 1190. The van der Waals surface area contributed by atoms with Crippen LogP contribution in [0.3, 0.4) is 0 Å². The summed E-state index contributed by atoms with van der Waals surface area (Å²) >= 11 is 6.21. The number of rotatable bonds is 5. The van der Waals surface area contributed by atoms with Gasteiger partial charge in [-0.1, -0.05) is 35.9 Å². The molecule has 7 heteroatoms. The molecule has 4 rings (SSSR count). The minimum Gasteiger partial charge on any atom is -0.457 e. The maximum Gasteiger partial charge on any atom is 0.248 e. The molecule has 1 aromatic heterocycles. The lowest BCUT2D eigenvalue weighted by Crippen LogP contribution is -2.48. The topological polar surface area (TPSA) is 65.8 Å². The molecule has 170 valence electrons. The number of hydrogen-bond donors (Lipinski definition) is 1. The van der Waals surface area contributed by atoms with Crippen LogP contribution in [0, 0.1) is 6.92 Å². The van der Waals surface area contributed by atoms with Gasteiger partial charge in [0.25, 0.3) is 0 Å². The number of aryl methyl sites for hydroxylation is 1. The summed E-state index contributed by atoms with van der Waals surface area (Å²) in [6.45, 7) is 6.33. The third-order valence-corrected chi connectivity index (χ3v) is 6.12. The van der Waals surface area contributed by atoms with E-state index < -0.39 is 0 Å².